The van der Waals surface area contributed by atoms with Crippen LogP contribution in [0.5, 0.6) is 0 Å². The predicted molar refractivity (Wildman–Crippen MR) is 88.7 cm³/mol. The van der Waals surface area contributed by atoms with Crippen molar-refractivity contribution in [2.75, 3.05) is 5.88 Å². The summed E-state index contributed by atoms with van der Waals surface area (Å²) in [6.07, 6.45) is 0.550. The minimum Gasteiger partial charge on any atom is -0.207 e. The average molecular weight is 342 g/mol. The fraction of sp³-hybridized carbons (Fsp3) is 0.200. The molecular formula is C15H16ClNO2S2. The van der Waals surface area contributed by atoms with Gasteiger partial charge in [-0.05, 0) is 36.2 Å². The van der Waals surface area contributed by atoms with Crippen LogP contribution in [-0.4, -0.2) is 20.3 Å². The highest BCUT2D eigenvalue weighted by atomic mass is 35.5. The first-order valence-electron chi connectivity index (χ1n) is 6.42. The molecule has 0 amide bonds. The van der Waals surface area contributed by atoms with Gasteiger partial charge >= 0.3 is 0 Å². The molecule has 3 nitrogen and oxygen atoms in total. The fourth-order valence-corrected chi connectivity index (χ4v) is 3.60. The zero-order chi connectivity index (χ0) is 15.3. The second-order valence-corrected chi connectivity index (χ2v) is 7.20. The van der Waals surface area contributed by atoms with E-state index in [0.717, 1.165) is 5.56 Å². The molecule has 0 saturated carbocycles. The monoisotopic (exact) mass is 341 g/mol. The van der Waals surface area contributed by atoms with Crippen molar-refractivity contribution in [1.29, 1.82) is 0 Å². The van der Waals surface area contributed by atoms with Gasteiger partial charge in [0.05, 0.1) is 4.90 Å². The van der Waals surface area contributed by atoms with Gasteiger partial charge in [-0.2, -0.15) is 0 Å². The zero-order valence-electron chi connectivity index (χ0n) is 11.2. The van der Waals surface area contributed by atoms with Gasteiger partial charge in [-0.15, -0.1) is 24.2 Å². The lowest BCUT2D eigenvalue weighted by Gasteiger charge is -2.16. The number of thiol groups is 1. The smallest absolute Gasteiger partial charge is 0.207 e. The molecule has 1 N–H and O–H groups in total. The molecule has 0 aliphatic rings. The van der Waals surface area contributed by atoms with Gasteiger partial charge < -0.3 is 0 Å². The van der Waals surface area contributed by atoms with Crippen LogP contribution < -0.4 is 4.72 Å². The first-order valence-corrected chi connectivity index (χ1v) is 8.89. The normalized spacial score (nSPS) is 13.0. The Labute approximate surface area is 135 Å². The van der Waals surface area contributed by atoms with E-state index in [1.165, 1.54) is 12.1 Å². The number of hydrogen-bond acceptors (Lipinski definition) is 3. The van der Waals surface area contributed by atoms with Crippen molar-refractivity contribution in [2.24, 2.45) is 0 Å². The third-order valence-electron chi connectivity index (χ3n) is 2.98. The third-order valence-corrected chi connectivity index (χ3v) is 5.19. The van der Waals surface area contributed by atoms with E-state index in [4.69, 9.17) is 11.6 Å². The number of sulfonamides is 1. The fourth-order valence-electron chi connectivity index (χ4n) is 1.94. The summed E-state index contributed by atoms with van der Waals surface area (Å²) in [6, 6.07) is 15.6. The van der Waals surface area contributed by atoms with E-state index in [2.05, 4.69) is 17.4 Å². The van der Waals surface area contributed by atoms with Gasteiger partial charge in [-0.25, -0.2) is 13.1 Å². The van der Waals surface area contributed by atoms with Crippen molar-refractivity contribution in [3.63, 3.8) is 0 Å². The maximum atomic E-state index is 12.3. The Kier molecular flexibility index (Phi) is 5.70. The second-order valence-electron chi connectivity index (χ2n) is 4.66. The molecule has 0 saturated heterocycles. The number of rotatable bonds is 6. The molecule has 0 spiro atoms. The number of alkyl halides is 1. The topological polar surface area (TPSA) is 46.2 Å². The maximum absolute atomic E-state index is 12.3. The first kappa shape index (κ1) is 16.4. The van der Waals surface area contributed by atoms with Gasteiger partial charge in [0, 0.05) is 16.8 Å². The molecular weight excluding hydrogens is 326 g/mol. The molecule has 112 valence electrons. The maximum Gasteiger partial charge on any atom is 0.240 e. The van der Waals surface area contributed by atoms with Crippen LogP contribution in [0, 0.1) is 0 Å². The highest BCUT2D eigenvalue weighted by molar-refractivity contribution is 7.89. The lowest BCUT2D eigenvalue weighted by Crippen LogP contribution is -2.37. The van der Waals surface area contributed by atoms with E-state index < -0.39 is 10.0 Å². The Hall–Kier alpha value is -1.01. The van der Waals surface area contributed by atoms with Crippen LogP contribution in [0.3, 0.4) is 0 Å². The number of nitrogens with one attached hydrogen (secondary N) is 1. The van der Waals surface area contributed by atoms with Gasteiger partial charge in [0.15, 0.2) is 0 Å². The van der Waals surface area contributed by atoms with Crippen LogP contribution >= 0.6 is 24.2 Å². The Morgan fingerprint density at radius 3 is 2.24 bits per heavy atom. The van der Waals surface area contributed by atoms with Crippen LogP contribution in [0.4, 0.5) is 0 Å². The zero-order valence-corrected chi connectivity index (χ0v) is 13.7. The highest BCUT2D eigenvalue weighted by Gasteiger charge is 2.19. The Balaban J connectivity index is 2.12. The lowest BCUT2D eigenvalue weighted by atomic mass is 10.1. The molecule has 2 rings (SSSR count). The molecule has 1 atom stereocenters. The molecule has 0 bridgehead atoms. The largest absolute Gasteiger partial charge is 0.240 e. The van der Waals surface area contributed by atoms with E-state index >= 15 is 0 Å². The number of hydrogen-bond donors (Lipinski definition) is 2. The van der Waals surface area contributed by atoms with Crippen LogP contribution in [0.25, 0.3) is 0 Å². The molecule has 1 unspecified atom stereocenters. The average Bonchev–Trinajstić information content (AvgIpc) is 2.48. The number of halogens is 1. The van der Waals surface area contributed by atoms with Gasteiger partial charge in [0.2, 0.25) is 10.0 Å². The van der Waals surface area contributed by atoms with E-state index in [0.29, 0.717) is 11.3 Å². The summed E-state index contributed by atoms with van der Waals surface area (Å²) in [5.41, 5.74) is 1.04. The van der Waals surface area contributed by atoms with Crippen LogP contribution in [-0.2, 0) is 16.4 Å². The molecule has 6 heteroatoms. The first-order chi connectivity index (χ1) is 10.0. The van der Waals surface area contributed by atoms with Crippen molar-refractivity contribution in [3.05, 3.63) is 60.2 Å². The minimum atomic E-state index is -3.58. The summed E-state index contributed by atoms with van der Waals surface area (Å²) in [5, 5.41) is 0. The summed E-state index contributed by atoms with van der Waals surface area (Å²) < 4.78 is 27.3. The molecule has 0 radical (unpaired) electrons. The van der Waals surface area contributed by atoms with Crippen molar-refractivity contribution in [2.45, 2.75) is 22.3 Å². The van der Waals surface area contributed by atoms with E-state index in [1.807, 2.05) is 30.3 Å². The molecule has 0 fully saturated rings. The molecule has 0 aromatic heterocycles. The number of benzene rings is 2. The SMILES string of the molecule is O=S(=O)(NC(CCl)Cc1ccccc1)c1ccc(S)cc1. The summed E-state index contributed by atoms with van der Waals surface area (Å²) in [4.78, 5) is 0.926. The van der Waals surface area contributed by atoms with Gasteiger partial charge in [0.25, 0.3) is 0 Å². The van der Waals surface area contributed by atoms with Crippen LogP contribution in [0.2, 0.25) is 0 Å². The van der Waals surface area contributed by atoms with E-state index in [9.17, 15) is 8.42 Å². The highest BCUT2D eigenvalue weighted by Crippen LogP contribution is 2.14. The minimum absolute atomic E-state index is 0.207. The molecule has 2 aromatic carbocycles. The van der Waals surface area contributed by atoms with Gasteiger partial charge in [0.1, 0.15) is 0 Å². The van der Waals surface area contributed by atoms with Crippen LogP contribution in [0.1, 0.15) is 5.56 Å². The predicted octanol–water partition coefficient (Wildman–Crippen LogP) is 3.10. The second kappa shape index (κ2) is 7.31. The van der Waals surface area contributed by atoms with E-state index in [1.54, 1.807) is 12.1 Å². The van der Waals surface area contributed by atoms with Crippen molar-refractivity contribution in [1.82, 2.24) is 4.72 Å². The molecule has 21 heavy (non-hydrogen) atoms. The molecule has 0 aliphatic carbocycles. The van der Waals surface area contributed by atoms with Crippen LogP contribution in [0.15, 0.2) is 64.4 Å². The molecule has 0 heterocycles. The summed E-state index contributed by atoms with van der Waals surface area (Å²) in [6.45, 7) is 0. The third kappa shape index (κ3) is 4.74. The van der Waals surface area contributed by atoms with E-state index in [-0.39, 0.29) is 16.8 Å². The molecule has 2 aromatic rings. The standard InChI is InChI=1S/C15H16ClNO2S2/c16-11-13(10-12-4-2-1-3-5-12)17-21(18,19)15-8-6-14(20)7-9-15/h1-9,13,17,20H,10-11H2. The summed E-state index contributed by atoms with van der Waals surface area (Å²) in [5.74, 6) is 0.207. The molecule has 0 aliphatic heterocycles. The van der Waals surface area contributed by atoms with Crippen molar-refractivity contribution in [3.8, 4) is 0 Å². The summed E-state index contributed by atoms with van der Waals surface area (Å²) >= 11 is 10.0. The summed E-state index contributed by atoms with van der Waals surface area (Å²) in [7, 11) is -3.58. The van der Waals surface area contributed by atoms with Crippen molar-refractivity contribution >= 4 is 34.3 Å². The Morgan fingerprint density at radius 1 is 1.05 bits per heavy atom. The Morgan fingerprint density at radius 2 is 1.67 bits per heavy atom. The van der Waals surface area contributed by atoms with Gasteiger partial charge in [-0.3, -0.25) is 0 Å². The van der Waals surface area contributed by atoms with Crippen molar-refractivity contribution < 1.29 is 8.42 Å². The Bertz CT molecular complexity index is 673. The lowest BCUT2D eigenvalue weighted by molar-refractivity contribution is 0.561. The quantitative estimate of drug-likeness (QED) is 0.626. The van der Waals surface area contributed by atoms with Gasteiger partial charge in [-0.1, -0.05) is 30.3 Å².